The third-order valence-electron chi connectivity index (χ3n) is 3.99. The quantitative estimate of drug-likeness (QED) is 0.858. The van der Waals surface area contributed by atoms with Crippen LogP contribution in [0.3, 0.4) is 0 Å². The standard InChI is InChI=1S/C18H27NO5/c1-18(2,3)24-17(22)19-14(10-20)9-16(15(19)11-21)23-12-13-7-5-4-6-8-13/h4-8,14-16,20-21H,9-12H2,1-3H3/t14-,15-,16-/m1/s1. The van der Waals surface area contributed by atoms with Gasteiger partial charge in [0.1, 0.15) is 5.60 Å². The summed E-state index contributed by atoms with van der Waals surface area (Å²) in [5.41, 5.74) is 0.380. The maximum absolute atomic E-state index is 12.4. The van der Waals surface area contributed by atoms with Gasteiger partial charge in [0, 0.05) is 0 Å². The molecule has 3 atom stereocenters. The SMILES string of the molecule is CC(C)(C)OC(=O)N1[C@@H](CO)C[C@@H](OCc2ccccc2)[C@H]1CO. The fourth-order valence-electron chi connectivity index (χ4n) is 2.91. The molecule has 1 amide bonds. The van der Waals surface area contributed by atoms with Gasteiger partial charge in [-0.3, -0.25) is 4.90 Å². The van der Waals surface area contributed by atoms with Crippen LogP contribution in [0.4, 0.5) is 4.79 Å². The smallest absolute Gasteiger partial charge is 0.411 e. The molecule has 2 N–H and O–H groups in total. The number of hydrogen-bond acceptors (Lipinski definition) is 5. The number of hydrogen-bond donors (Lipinski definition) is 2. The van der Waals surface area contributed by atoms with Crippen LogP contribution in [0.5, 0.6) is 0 Å². The number of aliphatic hydroxyl groups excluding tert-OH is 2. The monoisotopic (exact) mass is 337 g/mol. The average molecular weight is 337 g/mol. The first-order valence-electron chi connectivity index (χ1n) is 8.24. The van der Waals surface area contributed by atoms with Crippen molar-refractivity contribution in [1.29, 1.82) is 0 Å². The van der Waals surface area contributed by atoms with Crippen molar-refractivity contribution in [2.75, 3.05) is 13.2 Å². The Kier molecular flexibility index (Phi) is 6.21. The molecule has 0 aliphatic carbocycles. The maximum Gasteiger partial charge on any atom is 0.411 e. The Hall–Kier alpha value is -1.63. The fourth-order valence-corrected chi connectivity index (χ4v) is 2.91. The van der Waals surface area contributed by atoms with Crippen molar-refractivity contribution in [3.8, 4) is 0 Å². The summed E-state index contributed by atoms with van der Waals surface area (Å²) in [5.74, 6) is 0. The van der Waals surface area contributed by atoms with Gasteiger partial charge in [-0.2, -0.15) is 0 Å². The van der Waals surface area contributed by atoms with Crippen LogP contribution in [0, 0.1) is 0 Å². The molecule has 2 rings (SSSR count). The topological polar surface area (TPSA) is 79.2 Å². The predicted octanol–water partition coefficient (Wildman–Crippen LogP) is 1.93. The number of benzene rings is 1. The fraction of sp³-hybridized carbons (Fsp3) is 0.611. The molecule has 0 aromatic heterocycles. The molecule has 1 aliphatic heterocycles. The second kappa shape index (κ2) is 7.96. The van der Waals surface area contributed by atoms with Gasteiger partial charge < -0.3 is 19.7 Å². The van der Waals surface area contributed by atoms with E-state index in [-0.39, 0.29) is 19.3 Å². The highest BCUT2D eigenvalue weighted by Gasteiger charge is 2.45. The first-order valence-corrected chi connectivity index (χ1v) is 8.24. The summed E-state index contributed by atoms with van der Waals surface area (Å²) in [5, 5.41) is 19.4. The van der Waals surface area contributed by atoms with Crippen molar-refractivity contribution in [1.82, 2.24) is 4.90 Å². The lowest BCUT2D eigenvalue weighted by molar-refractivity contribution is -0.0221. The Labute approximate surface area is 143 Å². The van der Waals surface area contributed by atoms with Crippen LogP contribution in [0.1, 0.15) is 32.8 Å². The zero-order valence-electron chi connectivity index (χ0n) is 14.5. The molecule has 24 heavy (non-hydrogen) atoms. The van der Waals surface area contributed by atoms with Gasteiger partial charge in [0.05, 0.1) is 38.0 Å². The van der Waals surface area contributed by atoms with Gasteiger partial charge in [0.2, 0.25) is 0 Å². The van der Waals surface area contributed by atoms with Crippen LogP contribution >= 0.6 is 0 Å². The van der Waals surface area contributed by atoms with E-state index in [1.54, 1.807) is 20.8 Å². The Bertz CT molecular complexity index is 528. The van der Waals surface area contributed by atoms with Gasteiger partial charge in [-0.25, -0.2) is 4.79 Å². The molecule has 1 fully saturated rings. The molecule has 0 saturated carbocycles. The van der Waals surface area contributed by atoms with Gasteiger partial charge in [-0.15, -0.1) is 0 Å². The van der Waals surface area contributed by atoms with Gasteiger partial charge in [0.15, 0.2) is 0 Å². The van der Waals surface area contributed by atoms with Gasteiger partial charge >= 0.3 is 6.09 Å². The maximum atomic E-state index is 12.4. The summed E-state index contributed by atoms with van der Waals surface area (Å²) in [6.45, 7) is 5.31. The van der Waals surface area contributed by atoms with Crippen LogP contribution in [0.2, 0.25) is 0 Å². The van der Waals surface area contributed by atoms with Gasteiger partial charge in [-0.1, -0.05) is 30.3 Å². The van der Waals surface area contributed by atoms with E-state index >= 15 is 0 Å². The second-order valence-electron chi connectivity index (χ2n) is 7.04. The van der Waals surface area contributed by atoms with Crippen LogP contribution in [0.15, 0.2) is 30.3 Å². The molecule has 6 nitrogen and oxygen atoms in total. The van der Waals surface area contributed by atoms with E-state index < -0.39 is 23.8 Å². The van der Waals surface area contributed by atoms with Crippen LogP contribution < -0.4 is 0 Å². The summed E-state index contributed by atoms with van der Waals surface area (Å²) >= 11 is 0. The van der Waals surface area contributed by atoms with Crippen molar-refractivity contribution in [2.45, 2.75) is 57.6 Å². The van der Waals surface area contributed by atoms with E-state index in [0.717, 1.165) is 5.56 Å². The molecule has 1 saturated heterocycles. The lowest BCUT2D eigenvalue weighted by Crippen LogP contribution is -2.48. The molecule has 0 unspecified atom stereocenters. The Morgan fingerprint density at radius 1 is 1.21 bits per heavy atom. The number of aliphatic hydroxyl groups is 2. The van der Waals surface area contributed by atoms with E-state index in [2.05, 4.69) is 0 Å². The summed E-state index contributed by atoms with van der Waals surface area (Å²) in [6.07, 6.45) is -0.417. The third-order valence-corrected chi connectivity index (χ3v) is 3.99. The first kappa shape index (κ1) is 18.7. The number of carbonyl (C=O) groups is 1. The third kappa shape index (κ3) is 4.69. The molecule has 6 heteroatoms. The lowest BCUT2D eigenvalue weighted by Gasteiger charge is -2.32. The molecule has 1 heterocycles. The zero-order chi connectivity index (χ0) is 17.7. The van der Waals surface area contributed by atoms with E-state index in [1.165, 1.54) is 4.90 Å². The molecular formula is C18H27NO5. The summed E-state index contributed by atoms with van der Waals surface area (Å²) in [4.78, 5) is 13.9. The van der Waals surface area contributed by atoms with Crippen molar-refractivity contribution >= 4 is 6.09 Å². The number of carbonyl (C=O) groups excluding carboxylic acids is 1. The van der Waals surface area contributed by atoms with Crippen LogP contribution in [-0.4, -0.2) is 58.2 Å². The molecule has 1 aromatic rings. The zero-order valence-corrected chi connectivity index (χ0v) is 14.5. The molecule has 134 valence electrons. The Morgan fingerprint density at radius 2 is 1.88 bits per heavy atom. The number of nitrogens with zero attached hydrogens (tertiary/aromatic N) is 1. The normalized spacial score (nSPS) is 24.2. The number of amides is 1. The molecular weight excluding hydrogens is 310 g/mol. The Balaban J connectivity index is 2.06. The number of ether oxygens (including phenoxy) is 2. The van der Waals surface area contributed by atoms with Crippen molar-refractivity contribution in [3.05, 3.63) is 35.9 Å². The molecule has 1 aliphatic rings. The van der Waals surface area contributed by atoms with Crippen LogP contribution in [0.25, 0.3) is 0 Å². The van der Waals surface area contributed by atoms with Crippen LogP contribution in [-0.2, 0) is 16.1 Å². The molecule has 0 bridgehead atoms. The van der Waals surface area contributed by atoms with E-state index in [9.17, 15) is 15.0 Å². The summed E-state index contributed by atoms with van der Waals surface area (Å²) in [6, 6.07) is 8.76. The number of likely N-dealkylation sites (tertiary alicyclic amines) is 1. The minimum absolute atomic E-state index is 0.194. The average Bonchev–Trinajstić information content (AvgIpc) is 2.90. The molecule has 1 aromatic carbocycles. The minimum Gasteiger partial charge on any atom is -0.444 e. The van der Waals surface area contributed by atoms with Gasteiger partial charge in [-0.05, 0) is 32.8 Å². The van der Waals surface area contributed by atoms with E-state index in [1.807, 2.05) is 30.3 Å². The largest absolute Gasteiger partial charge is 0.444 e. The number of rotatable bonds is 5. The highest BCUT2D eigenvalue weighted by Crippen LogP contribution is 2.29. The highest BCUT2D eigenvalue weighted by molar-refractivity contribution is 5.69. The van der Waals surface area contributed by atoms with Crippen molar-refractivity contribution < 1.29 is 24.5 Å². The van der Waals surface area contributed by atoms with Crippen molar-refractivity contribution in [2.24, 2.45) is 0 Å². The first-order chi connectivity index (χ1) is 11.4. The molecule has 0 spiro atoms. The Morgan fingerprint density at radius 3 is 2.42 bits per heavy atom. The van der Waals surface area contributed by atoms with E-state index in [4.69, 9.17) is 9.47 Å². The molecule has 0 radical (unpaired) electrons. The van der Waals surface area contributed by atoms with Crippen molar-refractivity contribution in [3.63, 3.8) is 0 Å². The summed E-state index contributed by atoms with van der Waals surface area (Å²) in [7, 11) is 0. The van der Waals surface area contributed by atoms with E-state index in [0.29, 0.717) is 13.0 Å². The minimum atomic E-state index is -0.639. The lowest BCUT2D eigenvalue weighted by atomic mass is 10.1. The highest BCUT2D eigenvalue weighted by atomic mass is 16.6. The summed E-state index contributed by atoms with van der Waals surface area (Å²) < 4.78 is 11.3. The second-order valence-corrected chi connectivity index (χ2v) is 7.04. The van der Waals surface area contributed by atoms with Gasteiger partial charge in [0.25, 0.3) is 0 Å². The predicted molar refractivity (Wildman–Crippen MR) is 89.5 cm³/mol.